The molecular formula is C42H51N3O8. The molecule has 1 saturated carbocycles. The molecule has 0 saturated heterocycles. The minimum atomic E-state index is -1.02. The van der Waals surface area contributed by atoms with Crippen molar-refractivity contribution in [1.29, 1.82) is 0 Å². The van der Waals surface area contributed by atoms with E-state index in [0.717, 1.165) is 29.5 Å². The van der Waals surface area contributed by atoms with Gasteiger partial charge in [-0.3, -0.25) is 9.59 Å². The first-order valence-electron chi connectivity index (χ1n) is 18.1. The average molecular weight is 726 g/mol. The molecule has 3 aromatic rings. The summed E-state index contributed by atoms with van der Waals surface area (Å²) in [4.78, 5) is 52.4. The summed E-state index contributed by atoms with van der Waals surface area (Å²) in [5.74, 6) is -1.42. The van der Waals surface area contributed by atoms with E-state index >= 15 is 0 Å². The van der Waals surface area contributed by atoms with Gasteiger partial charge in [-0.2, -0.15) is 0 Å². The number of ether oxygens (including phenoxy) is 3. The monoisotopic (exact) mass is 725 g/mol. The number of hydrogen-bond acceptors (Lipinski definition) is 8. The van der Waals surface area contributed by atoms with Crippen molar-refractivity contribution in [2.45, 2.75) is 82.2 Å². The Morgan fingerprint density at radius 2 is 1.40 bits per heavy atom. The van der Waals surface area contributed by atoms with E-state index < -0.39 is 35.6 Å². The molecule has 3 amide bonds. The Bertz CT molecular complexity index is 1630. The molecule has 0 bridgehead atoms. The second-order valence-electron chi connectivity index (χ2n) is 13.4. The number of carbonyl (C=O) groups excluding carboxylic acids is 4. The lowest BCUT2D eigenvalue weighted by Gasteiger charge is -2.32. The van der Waals surface area contributed by atoms with E-state index in [2.05, 4.69) is 29.1 Å². The molecule has 11 heteroatoms. The average Bonchev–Trinajstić information content (AvgIpc) is 3.64. The van der Waals surface area contributed by atoms with Gasteiger partial charge in [0.15, 0.2) is 0 Å². The number of rotatable bonds is 21. The molecule has 3 atom stereocenters. The van der Waals surface area contributed by atoms with Crippen molar-refractivity contribution in [3.8, 4) is 5.75 Å². The van der Waals surface area contributed by atoms with E-state index in [9.17, 15) is 24.3 Å². The maximum absolute atomic E-state index is 13.6. The number of esters is 1. The number of aliphatic hydroxyl groups excluding tert-OH is 1. The van der Waals surface area contributed by atoms with Crippen LogP contribution in [0.3, 0.4) is 0 Å². The summed E-state index contributed by atoms with van der Waals surface area (Å²) >= 11 is 0. The van der Waals surface area contributed by atoms with Crippen LogP contribution in [0.1, 0.15) is 61.6 Å². The van der Waals surface area contributed by atoms with E-state index in [1.807, 2.05) is 84.9 Å². The van der Waals surface area contributed by atoms with Crippen LogP contribution in [0.2, 0.25) is 0 Å². The number of benzene rings is 3. The molecular weight excluding hydrogens is 674 g/mol. The van der Waals surface area contributed by atoms with Crippen LogP contribution in [0.15, 0.2) is 110 Å². The van der Waals surface area contributed by atoms with E-state index in [4.69, 9.17) is 14.2 Å². The molecule has 0 spiro atoms. The van der Waals surface area contributed by atoms with Crippen LogP contribution in [-0.4, -0.2) is 59.8 Å². The Hall–Kier alpha value is -5.42. The third kappa shape index (κ3) is 13.6. The summed E-state index contributed by atoms with van der Waals surface area (Å²) in [7, 11) is 0. The number of hydrogen-bond donors (Lipinski definition) is 4. The second-order valence-corrected chi connectivity index (χ2v) is 13.4. The molecule has 53 heavy (non-hydrogen) atoms. The van der Waals surface area contributed by atoms with Gasteiger partial charge in [-0.1, -0.05) is 97.8 Å². The standard InChI is InChI=1S/C42H51N3O8/c1-3-13-34(26-38(47)43-35(27-46)25-31-19-21-36(22-20-31)51-28-32-15-7-5-8-16-32)39(48)45-42(23-11-12-24-42)30-53-40(49)37(14-4-2)44-41(50)52-29-33-17-9-6-10-18-33/h3-10,15-22,34-35,37,46H,1-2,11-14,23-30H2,(H,43,47)(H,44,50)(H,45,48)/t34-,35+,37-/m1/s1. The van der Waals surface area contributed by atoms with Crippen LogP contribution in [0, 0.1) is 5.92 Å². The molecule has 0 aliphatic heterocycles. The predicted molar refractivity (Wildman–Crippen MR) is 202 cm³/mol. The highest BCUT2D eigenvalue weighted by molar-refractivity contribution is 5.86. The Morgan fingerprint density at radius 1 is 0.774 bits per heavy atom. The minimum Gasteiger partial charge on any atom is -0.489 e. The van der Waals surface area contributed by atoms with E-state index in [-0.39, 0.29) is 50.9 Å². The fraction of sp³-hybridized carbons (Fsp3) is 0.381. The number of carbonyl (C=O) groups is 4. The summed E-state index contributed by atoms with van der Waals surface area (Å²) in [6, 6.07) is 24.9. The Labute approximate surface area is 311 Å². The molecule has 0 heterocycles. The van der Waals surface area contributed by atoms with Crippen LogP contribution in [0.25, 0.3) is 0 Å². The van der Waals surface area contributed by atoms with E-state index in [0.29, 0.717) is 31.6 Å². The van der Waals surface area contributed by atoms with Gasteiger partial charge in [0, 0.05) is 6.42 Å². The van der Waals surface area contributed by atoms with Gasteiger partial charge in [0.25, 0.3) is 0 Å². The predicted octanol–water partition coefficient (Wildman–Crippen LogP) is 5.71. The van der Waals surface area contributed by atoms with Crippen molar-refractivity contribution in [3.63, 3.8) is 0 Å². The third-order valence-corrected chi connectivity index (χ3v) is 9.12. The maximum Gasteiger partial charge on any atom is 0.408 e. The van der Waals surface area contributed by atoms with E-state index in [1.165, 1.54) is 6.08 Å². The fourth-order valence-corrected chi connectivity index (χ4v) is 6.22. The molecule has 4 rings (SSSR count). The smallest absolute Gasteiger partial charge is 0.408 e. The highest BCUT2D eigenvalue weighted by Crippen LogP contribution is 2.31. The first kappa shape index (κ1) is 40.4. The van der Waals surface area contributed by atoms with Crippen molar-refractivity contribution in [1.82, 2.24) is 16.0 Å². The van der Waals surface area contributed by atoms with Crippen LogP contribution in [0.4, 0.5) is 4.79 Å². The van der Waals surface area contributed by atoms with Gasteiger partial charge < -0.3 is 35.3 Å². The molecule has 1 fully saturated rings. The number of alkyl carbamates (subject to hydrolysis) is 1. The van der Waals surface area contributed by atoms with Gasteiger partial charge in [0.05, 0.1) is 24.1 Å². The van der Waals surface area contributed by atoms with E-state index in [1.54, 1.807) is 6.08 Å². The van der Waals surface area contributed by atoms with Gasteiger partial charge in [0.2, 0.25) is 11.8 Å². The Morgan fingerprint density at radius 3 is 2.00 bits per heavy atom. The zero-order valence-electron chi connectivity index (χ0n) is 30.2. The highest BCUT2D eigenvalue weighted by atomic mass is 16.6. The first-order chi connectivity index (χ1) is 25.7. The number of allylic oxidation sites excluding steroid dienone is 1. The minimum absolute atomic E-state index is 0.0434. The lowest BCUT2D eigenvalue weighted by atomic mass is 9.94. The quantitative estimate of drug-likeness (QED) is 0.0806. The Kier molecular flexibility index (Phi) is 16.1. The van der Waals surface area contributed by atoms with Crippen LogP contribution < -0.4 is 20.7 Å². The Balaban J connectivity index is 1.27. The van der Waals surface area contributed by atoms with Gasteiger partial charge in [-0.05, 0) is 60.9 Å². The summed E-state index contributed by atoms with van der Waals surface area (Å²) < 4.78 is 16.8. The topological polar surface area (TPSA) is 152 Å². The van der Waals surface area contributed by atoms with Crippen LogP contribution in [-0.2, 0) is 43.5 Å². The lowest BCUT2D eigenvalue weighted by molar-refractivity contribution is -0.149. The molecule has 1 aliphatic rings. The molecule has 1 aliphatic carbocycles. The van der Waals surface area contributed by atoms with Crippen molar-refractivity contribution >= 4 is 23.9 Å². The first-order valence-corrected chi connectivity index (χ1v) is 18.1. The molecule has 11 nitrogen and oxygen atoms in total. The highest BCUT2D eigenvalue weighted by Gasteiger charge is 2.39. The second kappa shape index (κ2) is 21.2. The zero-order chi connectivity index (χ0) is 37.9. The van der Waals surface area contributed by atoms with Crippen molar-refractivity contribution in [2.24, 2.45) is 5.92 Å². The number of amides is 3. The summed E-state index contributed by atoms with van der Waals surface area (Å²) in [6.45, 7) is 7.57. The summed E-state index contributed by atoms with van der Waals surface area (Å²) in [6.07, 6.45) is 5.78. The normalized spacial score (nSPS) is 14.8. The van der Waals surface area contributed by atoms with Gasteiger partial charge in [0.1, 0.15) is 31.6 Å². The molecule has 0 radical (unpaired) electrons. The van der Waals surface area contributed by atoms with Crippen LogP contribution >= 0.6 is 0 Å². The van der Waals surface area contributed by atoms with Gasteiger partial charge in [-0.25, -0.2) is 9.59 Å². The van der Waals surface area contributed by atoms with Crippen molar-refractivity contribution in [2.75, 3.05) is 13.2 Å². The third-order valence-electron chi connectivity index (χ3n) is 9.12. The number of aliphatic hydroxyl groups is 1. The lowest BCUT2D eigenvalue weighted by Crippen LogP contribution is -2.53. The zero-order valence-corrected chi connectivity index (χ0v) is 30.2. The SMILES string of the molecule is C=CC[C@H](CC(=O)N[C@H](CO)Cc1ccc(OCc2ccccc2)cc1)C(=O)NC1(COC(=O)[C@@H](CC=C)NC(=O)OCc2ccccc2)CCCC1. The van der Waals surface area contributed by atoms with Gasteiger partial charge >= 0.3 is 12.1 Å². The van der Waals surface area contributed by atoms with Gasteiger partial charge in [-0.15, -0.1) is 13.2 Å². The molecule has 0 aromatic heterocycles. The molecule has 0 unspecified atom stereocenters. The summed E-state index contributed by atoms with van der Waals surface area (Å²) in [5.41, 5.74) is 1.95. The molecule has 4 N–H and O–H groups in total. The fourth-order valence-electron chi connectivity index (χ4n) is 6.22. The number of nitrogens with one attached hydrogen (secondary N) is 3. The summed E-state index contributed by atoms with van der Waals surface area (Å²) in [5, 5.41) is 18.6. The molecule has 282 valence electrons. The van der Waals surface area contributed by atoms with Crippen molar-refractivity contribution in [3.05, 3.63) is 127 Å². The molecule has 3 aromatic carbocycles. The van der Waals surface area contributed by atoms with Crippen molar-refractivity contribution < 1.29 is 38.5 Å². The maximum atomic E-state index is 13.6. The van der Waals surface area contributed by atoms with Crippen LogP contribution in [0.5, 0.6) is 5.75 Å². The largest absolute Gasteiger partial charge is 0.489 e.